The van der Waals surface area contributed by atoms with Gasteiger partial charge in [0.25, 0.3) is 0 Å². The molecule has 1 atom stereocenters. The highest BCUT2D eigenvalue weighted by molar-refractivity contribution is 5.36. The maximum atomic E-state index is 4.27. The van der Waals surface area contributed by atoms with Gasteiger partial charge < -0.3 is 9.88 Å². The van der Waals surface area contributed by atoms with Gasteiger partial charge >= 0.3 is 0 Å². The molecule has 0 saturated carbocycles. The van der Waals surface area contributed by atoms with E-state index >= 15 is 0 Å². The van der Waals surface area contributed by atoms with Gasteiger partial charge in [0.05, 0.1) is 12.0 Å². The third kappa shape index (κ3) is 3.38. The summed E-state index contributed by atoms with van der Waals surface area (Å²) in [7, 11) is 0. The highest BCUT2D eigenvalue weighted by Crippen LogP contribution is 2.16. The highest BCUT2D eigenvalue weighted by atomic mass is 15.3. The normalized spacial score (nSPS) is 12.4. The zero-order chi connectivity index (χ0) is 14.5. The van der Waals surface area contributed by atoms with E-state index in [4.69, 9.17) is 0 Å². The van der Waals surface area contributed by atoms with E-state index in [1.165, 1.54) is 5.56 Å². The van der Waals surface area contributed by atoms with E-state index in [-0.39, 0.29) is 0 Å². The Balaban J connectivity index is 1.62. The Hall–Kier alpha value is -2.40. The van der Waals surface area contributed by atoms with Crippen molar-refractivity contribution in [1.82, 2.24) is 24.6 Å². The van der Waals surface area contributed by atoms with Crippen molar-refractivity contribution in [3.63, 3.8) is 0 Å². The summed E-state index contributed by atoms with van der Waals surface area (Å²) in [4.78, 5) is 4.04. The molecule has 2 heterocycles. The smallest absolute Gasteiger partial charge is 0.0946 e. The number of nitrogens with one attached hydrogen (secondary N) is 1. The fourth-order valence-corrected chi connectivity index (χ4v) is 2.31. The molecule has 1 aromatic carbocycles. The second-order valence-corrected chi connectivity index (χ2v) is 5.02. The number of aromatic nitrogens is 4. The van der Waals surface area contributed by atoms with Crippen molar-refractivity contribution in [2.45, 2.75) is 19.5 Å². The second-order valence-electron chi connectivity index (χ2n) is 5.02. The Morgan fingerprint density at radius 2 is 2.14 bits per heavy atom. The Bertz CT molecular complexity index is 658. The summed E-state index contributed by atoms with van der Waals surface area (Å²) >= 11 is 0. The Labute approximate surface area is 124 Å². The standard InChI is InChI=1S/C16H19N5/c1-14(18-8-11-20-10-7-17-13-20)15-4-2-5-16(12-15)21-9-3-6-19-21/h2-7,9-10,12-14,18H,8,11H2,1H3. The van der Waals surface area contributed by atoms with Gasteiger partial charge in [-0.05, 0) is 30.7 Å². The van der Waals surface area contributed by atoms with E-state index < -0.39 is 0 Å². The number of hydrogen-bond donors (Lipinski definition) is 1. The molecule has 5 heteroatoms. The molecule has 1 N–H and O–H groups in total. The minimum Gasteiger partial charge on any atom is -0.336 e. The summed E-state index contributed by atoms with van der Waals surface area (Å²) in [6, 6.07) is 10.7. The molecule has 0 fully saturated rings. The fourth-order valence-electron chi connectivity index (χ4n) is 2.31. The average molecular weight is 281 g/mol. The van der Waals surface area contributed by atoms with Crippen LogP contribution in [0.2, 0.25) is 0 Å². The van der Waals surface area contributed by atoms with Crippen LogP contribution in [0, 0.1) is 0 Å². The first-order chi connectivity index (χ1) is 10.3. The highest BCUT2D eigenvalue weighted by Gasteiger charge is 2.06. The lowest BCUT2D eigenvalue weighted by atomic mass is 10.1. The molecule has 0 radical (unpaired) electrons. The van der Waals surface area contributed by atoms with Crippen molar-refractivity contribution in [1.29, 1.82) is 0 Å². The molecule has 1 unspecified atom stereocenters. The van der Waals surface area contributed by atoms with E-state index in [9.17, 15) is 0 Å². The molecular weight excluding hydrogens is 262 g/mol. The summed E-state index contributed by atoms with van der Waals surface area (Å²) in [6.07, 6.45) is 9.36. The molecule has 0 spiro atoms. The Morgan fingerprint density at radius 3 is 2.90 bits per heavy atom. The first kappa shape index (κ1) is 13.6. The van der Waals surface area contributed by atoms with Crippen LogP contribution in [0.15, 0.2) is 61.4 Å². The minimum atomic E-state index is 0.295. The summed E-state index contributed by atoms with van der Waals surface area (Å²) in [6.45, 7) is 4.00. The molecule has 108 valence electrons. The van der Waals surface area contributed by atoms with Crippen molar-refractivity contribution in [2.24, 2.45) is 0 Å². The Morgan fingerprint density at radius 1 is 1.19 bits per heavy atom. The van der Waals surface area contributed by atoms with E-state index in [0.717, 1.165) is 18.8 Å². The van der Waals surface area contributed by atoms with Gasteiger partial charge in [-0.1, -0.05) is 12.1 Å². The lowest BCUT2D eigenvalue weighted by Gasteiger charge is -2.15. The maximum Gasteiger partial charge on any atom is 0.0946 e. The van der Waals surface area contributed by atoms with Gasteiger partial charge in [0.15, 0.2) is 0 Å². The first-order valence-electron chi connectivity index (χ1n) is 7.12. The van der Waals surface area contributed by atoms with Crippen LogP contribution in [0.5, 0.6) is 0 Å². The van der Waals surface area contributed by atoms with Crippen molar-refractivity contribution in [3.05, 3.63) is 67.0 Å². The monoisotopic (exact) mass is 281 g/mol. The van der Waals surface area contributed by atoms with Gasteiger partial charge in [0, 0.05) is 43.9 Å². The van der Waals surface area contributed by atoms with Crippen LogP contribution < -0.4 is 5.32 Å². The number of imidazole rings is 1. The van der Waals surface area contributed by atoms with Gasteiger partial charge in [0.1, 0.15) is 0 Å². The number of rotatable bonds is 6. The molecule has 0 aliphatic heterocycles. The van der Waals surface area contributed by atoms with Crippen LogP contribution in [-0.2, 0) is 6.54 Å². The molecule has 3 aromatic rings. The third-order valence-electron chi connectivity index (χ3n) is 3.52. The van der Waals surface area contributed by atoms with Gasteiger partial charge in [0.2, 0.25) is 0 Å². The maximum absolute atomic E-state index is 4.27. The van der Waals surface area contributed by atoms with E-state index in [0.29, 0.717) is 6.04 Å². The molecule has 2 aromatic heterocycles. The number of hydrogen-bond acceptors (Lipinski definition) is 3. The average Bonchev–Trinajstić information content (AvgIpc) is 3.21. The van der Waals surface area contributed by atoms with Gasteiger partial charge in [-0.15, -0.1) is 0 Å². The van der Waals surface area contributed by atoms with E-state index in [1.54, 1.807) is 12.4 Å². The number of nitrogens with zero attached hydrogens (tertiary/aromatic N) is 4. The molecular formula is C16H19N5. The quantitative estimate of drug-likeness (QED) is 0.755. The third-order valence-corrected chi connectivity index (χ3v) is 3.52. The lowest BCUT2D eigenvalue weighted by molar-refractivity contribution is 0.531. The largest absolute Gasteiger partial charge is 0.336 e. The van der Waals surface area contributed by atoms with Crippen LogP contribution in [-0.4, -0.2) is 25.9 Å². The topological polar surface area (TPSA) is 47.7 Å². The molecule has 0 saturated heterocycles. The predicted octanol–water partition coefficient (Wildman–Crippen LogP) is 2.42. The summed E-state index contributed by atoms with van der Waals surface area (Å²) in [5.41, 5.74) is 2.34. The number of benzene rings is 1. The molecule has 0 bridgehead atoms. The van der Waals surface area contributed by atoms with Crippen LogP contribution in [0.4, 0.5) is 0 Å². The SMILES string of the molecule is CC(NCCn1ccnc1)c1cccc(-n2cccn2)c1. The summed E-state index contributed by atoms with van der Waals surface area (Å²) < 4.78 is 3.95. The van der Waals surface area contributed by atoms with Gasteiger partial charge in [-0.25, -0.2) is 9.67 Å². The van der Waals surface area contributed by atoms with Gasteiger partial charge in [-0.2, -0.15) is 5.10 Å². The Kier molecular flexibility index (Phi) is 4.12. The van der Waals surface area contributed by atoms with Crippen molar-refractivity contribution in [3.8, 4) is 5.69 Å². The van der Waals surface area contributed by atoms with Crippen molar-refractivity contribution >= 4 is 0 Å². The lowest BCUT2D eigenvalue weighted by Crippen LogP contribution is -2.23. The zero-order valence-corrected chi connectivity index (χ0v) is 12.1. The van der Waals surface area contributed by atoms with E-state index in [2.05, 4.69) is 51.2 Å². The summed E-state index contributed by atoms with van der Waals surface area (Å²) in [5, 5.41) is 7.80. The van der Waals surface area contributed by atoms with Crippen LogP contribution in [0.3, 0.4) is 0 Å². The molecule has 0 amide bonds. The van der Waals surface area contributed by atoms with E-state index in [1.807, 2.05) is 29.5 Å². The predicted molar refractivity (Wildman–Crippen MR) is 82.2 cm³/mol. The molecule has 0 aliphatic rings. The van der Waals surface area contributed by atoms with Crippen LogP contribution in [0.1, 0.15) is 18.5 Å². The molecule has 3 rings (SSSR count). The van der Waals surface area contributed by atoms with Gasteiger partial charge in [-0.3, -0.25) is 0 Å². The fraction of sp³-hybridized carbons (Fsp3) is 0.250. The van der Waals surface area contributed by atoms with Crippen molar-refractivity contribution in [2.75, 3.05) is 6.54 Å². The second kappa shape index (κ2) is 6.37. The molecule has 21 heavy (non-hydrogen) atoms. The minimum absolute atomic E-state index is 0.295. The first-order valence-corrected chi connectivity index (χ1v) is 7.12. The van der Waals surface area contributed by atoms with Crippen LogP contribution in [0.25, 0.3) is 5.69 Å². The summed E-state index contributed by atoms with van der Waals surface area (Å²) in [5.74, 6) is 0. The molecule has 5 nitrogen and oxygen atoms in total. The molecule has 0 aliphatic carbocycles. The van der Waals surface area contributed by atoms with Crippen LogP contribution >= 0.6 is 0 Å². The van der Waals surface area contributed by atoms with Crippen molar-refractivity contribution < 1.29 is 0 Å². The zero-order valence-electron chi connectivity index (χ0n) is 12.1.